The Hall–Kier alpha value is -3.56. The summed E-state index contributed by atoms with van der Waals surface area (Å²) >= 11 is 6.01. The van der Waals surface area contributed by atoms with E-state index in [4.69, 9.17) is 16.3 Å². The zero-order chi connectivity index (χ0) is 30.3. The highest BCUT2D eigenvalue weighted by atomic mass is 35.5. The number of benzene rings is 3. The quantitative estimate of drug-likeness (QED) is 0.303. The van der Waals surface area contributed by atoms with Crippen molar-refractivity contribution in [3.05, 3.63) is 88.4 Å². The maximum atomic E-state index is 14.0. The normalized spacial score (nSPS) is 12.1. The number of hydrogen-bond acceptors (Lipinski definition) is 5. The Morgan fingerprint density at radius 2 is 1.56 bits per heavy atom. The number of carbonyl (C=O) groups excluding carboxylic acids is 2. The van der Waals surface area contributed by atoms with Crippen molar-refractivity contribution >= 4 is 39.1 Å². The molecule has 2 amide bonds. The second-order valence-electron chi connectivity index (χ2n) is 10.4. The fraction of sp³-hybridized carbons (Fsp3) is 0.355. The summed E-state index contributed by atoms with van der Waals surface area (Å²) in [5, 5.41) is 3.28. The number of ether oxygens (including phenoxy) is 1. The molecule has 0 aliphatic carbocycles. The standard InChI is InChI=1S/C31H38ClN3O5S/c1-21(2)18-33-31(37)24(5)34(19-25-8-13-28(40-6)14-9-25)30(36)20-35(27-12-7-22(3)23(4)17-27)41(38,39)29-15-10-26(32)11-16-29/h7-17,21,24H,18-20H2,1-6H3,(H,33,37). The number of hydrogen-bond donors (Lipinski definition) is 1. The topological polar surface area (TPSA) is 96.0 Å². The summed E-state index contributed by atoms with van der Waals surface area (Å²) in [6.45, 7) is 9.45. The average Bonchev–Trinajstić information content (AvgIpc) is 2.94. The second kappa shape index (κ2) is 13.9. The lowest BCUT2D eigenvalue weighted by Gasteiger charge is -2.32. The van der Waals surface area contributed by atoms with Gasteiger partial charge in [0.05, 0.1) is 17.7 Å². The molecular weight excluding hydrogens is 562 g/mol. The third-order valence-electron chi connectivity index (χ3n) is 6.82. The zero-order valence-electron chi connectivity index (χ0n) is 24.3. The number of aryl methyl sites for hydroxylation is 2. The molecule has 0 aliphatic rings. The summed E-state index contributed by atoms with van der Waals surface area (Å²) in [6.07, 6.45) is 0. The summed E-state index contributed by atoms with van der Waals surface area (Å²) in [4.78, 5) is 28.5. The van der Waals surface area contributed by atoms with Gasteiger partial charge >= 0.3 is 0 Å². The first-order valence-electron chi connectivity index (χ1n) is 13.4. The molecule has 0 bridgehead atoms. The van der Waals surface area contributed by atoms with Crippen LogP contribution in [0.1, 0.15) is 37.5 Å². The molecule has 1 N–H and O–H groups in total. The molecule has 1 unspecified atom stereocenters. The summed E-state index contributed by atoms with van der Waals surface area (Å²) in [5.41, 5.74) is 2.97. The molecule has 0 heterocycles. The second-order valence-corrected chi connectivity index (χ2v) is 12.7. The van der Waals surface area contributed by atoms with E-state index in [2.05, 4.69) is 5.32 Å². The maximum absolute atomic E-state index is 14.0. The molecule has 3 aromatic rings. The first kappa shape index (κ1) is 32.0. The fourth-order valence-electron chi connectivity index (χ4n) is 4.11. The van der Waals surface area contributed by atoms with Crippen LogP contribution in [0.15, 0.2) is 71.6 Å². The van der Waals surface area contributed by atoms with E-state index in [1.807, 2.05) is 45.9 Å². The van der Waals surface area contributed by atoms with Crippen LogP contribution in [0.5, 0.6) is 5.75 Å². The van der Waals surface area contributed by atoms with Gasteiger partial charge in [-0.1, -0.05) is 43.6 Å². The molecule has 0 aromatic heterocycles. The van der Waals surface area contributed by atoms with E-state index in [0.717, 1.165) is 21.0 Å². The fourth-order valence-corrected chi connectivity index (χ4v) is 5.64. The van der Waals surface area contributed by atoms with E-state index >= 15 is 0 Å². The molecule has 8 nitrogen and oxygen atoms in total. The van der Waals surface area contributed by atoms with Crippen molar-refractivity contribution in [1.82, 2.24) is 10.2 Å². The van der Waals surface area contributed by atoms with Crippen LogP contribution < -0.4 is 14.4 Å². The van der Waals surface area contributed by atoms with E-state index in [1.165, 1.54) is 29.2 Å². The summed E-state index contributed by atoms with van der Waals surface area (Å²) < 4.78 is 34.2. The van der Waals surface area contributed by atoms with Crippen LogP contribution in [-0.2, 0) is 26.2 Å². The van der Waals surface area contributed by atoms with Crippen molar-refractivity contribution in [1.29, 1.82) is 0 Å². The smallest absolute Gasteiger partial charge is 0.264 e. The summed E-state index contributed by atoms with van der Waals surface area (Å²) in [5.74, 6) is 0.0358. The molecular formula is C31H38ClN3O5S. The van der Waals surface area contributed by atoms with Crippen molar-refractivity contribution in [3.8, 4) is 5.75 Å². The first-order valence-corrected chi connectivity index (χ1v) is 15.2. The molecule has 0 aliphatic heterocycles. The lowest BCUT2D eigenvalue weighted by Crippen LogP contribution is -2.51. The Bertz CT molecular complexity index is 1460. The molecule has 41 heavy (non-hydrogen) atoms. The van der Waals surface area contributed by atoms with Gasteiger partial charge in [-0.25, -0.2) is 8.42 Å². The number of rotatable bonds is 12. The van der Waals surface area contributed by atoms with Crippen molar-refractivity contribution < 1.29 is 22.7 Å². The minimum atomic E-state index is -4.17. The predicted octanol–water partition coefficient (Wildman–Crippen LogP) is 5.35. The number of nitrogens with one attached hydrogen (secondary N) is 1. The minimum absolute atomic E-state index is 0.00245. The van der Waals surface area contributed by atoms with Crippen LogP contribution >= 0.6 is 11.6 Å². The van der Waals surface area contributed by atoms with E-state index in [0.29, 0.717) is 23.0 Å². The number of methoxy groups -OCH3 is 1. The third kappa shape index (κ3) is 8.24. The van der Waals surface area contributed by atoms with Gasteiger partial charge in [0.2, 0.25) is 11.8 Å². The number of amides is 2. The highest BCUT2D eigenvalue weighted by Gasteiger charge is 2.32. The Kier molecular flexibility index (Phi) is 10.8. The zero-order valence-corrected chi connectivity index (χ0v) is 25.9. The Morgan fingerprint density at radius 1 is 0.927 bits per heavy atom. The van der Waals surface area contributed by atoms with E-state index in [9.17, 15) is 18.0 Å². The molecule has 10 heteroatoms. The van der Waals surface area contributed by atoms with Crippen LogP contribution in [0, 0.1) is 19.8 Å². The first-order chi connectivity index (χ1) is 19.3. The number of carbonyl (C=O) groups is 2. The molecule has 0 radical (unpaired) electrons. The number of nitrogens with zero attached hydrogens (tertiary/aromatic N) is 2. The highest BCUT2D eigenvalue weighted by Crippen LogP contribution is 2.27. The Labute approximate surface area is 248 Å². The predicted molar refractivity (Wildman–Crippen MR) is 163 cm³/mol. The summed E-state index contributed by atoms with van der Waals surface area (Å²) in [7, 11) is -2.60. The van der Waals surface area contributed by atoms with Gasteiger partial charge in [-0.05, 0) is 91.9 Å². The molecule has 3 rings (SSSR count). The average molecular weight is 600 g/mol. The van der Waals surface area contributed by atoms with E-state index < -0.39 is 28.5 Å². The molecule has 1 atom stereocenters. The molecule has 0 saturated carbocycles. The van der Waals surface area contributed by atoms with Gasteiger partial charge in [0.1, 0.15) is 18.3 Å². The number of halogens is 1. The van der Waals surface area contributed by atoms with Crippen LogP contribution in [0.2, 0.25) is 5.02 Å². The van der Waals surface area contributed by atoms with Gasteiger partial charge in [0, 0.05) is 18.1 Å². The van der Waals surface area contributed by atoms with Gasteiger partial charge in [0.15, 0.2) is 0 Å². The van der Waals surface area contributed by atoms with Gasteiger partial charge in [-0.3, -0.25) is 13.9 Å². The Morgan fingerprint density at radius 3 is 2.12 bits per heavy atom. The number of sulfonamides is 1. The molecule has 3 aromatic carbocycles. The SMILES string of the molecule is COc1ccc(CN(C(=O)CN(c2ccc(C)c(C)c2)S(=O)(=O)c2ccc(Cl)cc2)C(C)C(=O)NCC(C)C)cc1. The third-order valence-corrected chi connectivity index (χ3v) is 8.86. The van der Waals surface area contributed by atoms with Crippen molar-refractivity contribution in [2.75, 3.05) is 24.5 Å². The lowest BCUT2D eigenvalue weighted by molar-refractivity contribution is -0.139. The molecule has 0 fully saturated rings. The van der Waals surface area contributed by atoms with Crippen LogP contribution in [0.4, 0.5) is 5.69 Å². The molecule has 220 valence electrons. The maximum Gasteiger partial charge on any atom is 0.264 e. The van der Waals surface area contributed by atoms with Gasteiger partial charge in [-0.2, -0.15) is 0 Å². The number of anilines is 1. The largest absolute Gasteiger partial charge is 0.497 e. The van der Waals surface area contributed by atoms with Gasteiger partial charge in [-0.15, -0.1) is 0 Å². The minimum Gasteiger partial charge on any atom is -0.497 e. The van der Waals surface area contributed by atoms with Crippen LogP contribution in [0.25, 0.3) is 0 Å². The van der Waals surface area contributed by atoms with Gasteiger partial charge in [0.25, 0.3) is 10.0 Å². The molecule has 0 saturated heterocycles. The summed E-state index contributed by atoms with van der Waals surface area (Å²) in [6, 6.07) is 17.3. The van der Waals surface area contributed by atoms with Crippen LogP contribution in [0.3, 0.4) is 0 Å². The van der Waals surface area contributed by atoms with Crippen LogP contribution in [-0.4, -0.2) is 51.4 Å². The lowest BCUT2D eigenvalue weighted by atomic mass is 10.1. The Balaban J connectivity index is 2.03. The van der Waals surface area contributed by atoms with E-state index in [1.54, 1.807) is 38.3 Å². The molecule has 0 spiro atoms. The van der Waals surface area contributed by atoms with Crippen molar-refractivity contribution in [2.24, 2.45) is 5.92 Å². The monoisotopic (exact) mass is 599 g/mol. The van der Waals surface area contributed by atoms with Crippen molar-refractivity contribution in [2.45, 2.75) is 52.1 Å². The van der Waals surface area contributed by atoms with Gasteiger partial charge < -0.3 is 15.0 Å². The van der Waals surface area contributed by atoms with E-state index in [-0.39, 0.29) is 23.3 Å². The highest BCUT2D eigenvalue weighted by molar-refractivity contribution is 7.92. The van der Waals surface area contributed by atoms with Crippen molar-refractivity contribution in [3.63, 3.8) is 0 Å².